The Balaban J connectivity index is 2.30. The van der Waals surface area contributed by atoms with Crippen molar-refractivity contribution in [3.05, 3.63) is 35.4 Å². The molecule has 2 heteroatoms. The fraction of sp³-hybridized carbons (Fsp3) is 0.455. The van der Waals surface area contributed by atoms with Crippen molar-refractivity contribution < 1.29 is 4.39 Å². The number of rotatable bonds is 3. The van der Waals surface area contributed by atoms with E-state index in [0.717, 1.165) is 18.4 Å². The van der Waals surface area contributed by atoms with E-state index in [9.17, 15) is 4.39 Å². The number of alkyl halides is 1. The van der Waals surface area contributed by atoms with Gasteiger partial charge in [0.1, 0.15) is 6.67 Å². The quantitative estimate of drug-likeness (QED) is 0.756. The molecule has 13 heavy (non-hydrogen) atoms. The molecule has 0 bridgehead atoms. The lowest BCUT2D eigenvalue weighted by atomic mass is 9.95. The molecule has 1 nitrogen and oxygen atoms in total. The molecule has 70 valence electrons. The van der Waals surface area contributed by atoms with Gasteiger partial charge < -0.3 is 5.73 Å². The largest absolute Gasteiger partial charge is 0.330 e. The Morgan fingerprint density at radius 1 is 1.38 bits per heavy atom. The van der Waals surface area contributed by atoms with Crippen LogP contribution >= 0.6 is 0 Å². The third kappa shape index (κ3) is 1.46. The van der Waals surface area contributed by atoms with Gasteiger partial charge >= 0.3 is 0 Å². The summed E-state index contributed by atoms with van der Waals surface area (Å²) in [5.74, 6) is 0. The third-order valence-corrected chi connectivity index (χ3v) is 2.94. The van der Waals surface area contributed by atoms with Crippen molar-refractivity contribution >= 4 is 0 Å². The highest BCUT2D eigenvalue weighted by Gasteiger charge is 2.42. The first kappa shape index (κ1) is 8.70. The topological polar surface area (TPSA) is 26.0 Å². The molecule has 0 aliphatic heterocycles. The summed E-state index contributed by atoms with van der Waals surface area (Å²) < 4.78 is 12.4. The van der Waals surface area contributed by atoms with E-state index in [1.165, 1.54) is 5.56 Å². The summed E-state index contributed by atoms with van der Waals surface area (Å²) in [6, 6.07) is 7.73. The van der Waals surface area contributed by atoms with Gasteiger partial charge in [0, 0.05) is 12.0 Å². The van der Waals surface area contributed by atoms with E-state index in [2.05, 4.69) is 6.07 Å². The molecule has 2 N–H and O–H groups in total. The van der Waals surface area contributed by atoms with Crippen molar-refractivity contribution in [3.63, 3.8) is 0 Å². The number of benzene rings is 1. The Morgan fingerprint density at radius 2 is 2.15 bits per heavy atom. The van der Waals surface area contributed by atoms with E-state index in [-0.39, 0.29) is 12.1 Å². The van der Waals surface area contributed by atoms with Gasteiger partial charge in [0.25, 0.3) is 0 Å². The van der Waals surface area contributed by atoms with Gasteiger partial charge in [0.05, 0.1) is 0 Å². The van der Waals surface area contributed by atoms with Gasteiger partial charge in [0.15, 0.2) is 0 Å². The molecule has 1 saturated carbocycles. The van der Waals surface area contributed by atoms with E-state index in [1.807, 2.05) is 18.2 Å². The maximum absolute atomic E-state index is 12.4. The van der Waals surface area contributed by atoms with Crippen LogP contribution in [0.4, 0.5) is 4.39 Å². The number of halogens is 1. The minimum atomic E-state index is -0.380. The van der Waals surface area contributed by atoms with Gasteiger partial charge in [-0.15, -0.1) is 0 Å². The van der Waals surface area contributed by atoms with Gasteiger partial charge in [-0.2, -0.15) is 0 Å². The lowest BCUT2D eigenvalue weighted by molar-refractivity contribution is 0.484. The van der Waals surface area contributed by atoms with Crippen LogP contribution in [-0.4, -0.2) is 6.54 Å². The zero-order chi connectivity index (χ0) is 9.31. The van der Waals surface area contributed by atoms with Crippen LogP contribution in [0, 0.1) is 0 Å². The van der Waals surface area contributed by atoms with Gasteiger partial charge in [-0.25, -0.2) is 4.39 Å². The highest BCUT2D eigenvalue weighted by molar-refractivity contribution is 5.34. The van der Waals surface area contributed by atoms with Crippen LogP contribution in [0.1, 0.15) is 24.0 Å². The molecule has 2 rings (SSSR count). The summed E-state index contributed by atoms with van der Waals surface area (Å²) in [4.78, 5) is 0. The molecule has 0 spiro atoms. The molecule has 0 unspecified atom stereocenters. The lowest BCUT2D eigenvalue weighted by Gasteiger charge is -2.13. The summed E-state index contributed by atoms with van der Waals surface area (Å²) in [6.45, 7) is 0.303. The molecule has 1 aliphatic carbocycles. The Kier molecular flexibility index (Phi) is 2.08. The van der Waals surface area contributed by atoms with Crippen LogP contribution < -0.4 is 5.73 Å². The Hall–Kier alpha value is -0.890. The maximum Gasteiger partial charge on any atom is 0.115 e. The van der Waals surface area contributed by atoms with Gasteiger partial charge in [-0.05, 0) is 24.0 Å². The van der Waals surface area contributed by atoms with Crippen LogP contribution in [0.5, 0.6) is 0 Å². The minimum Gasteiger partial charge on any atom is -0.330 e. The van der Waals surface area contributed by atoms with Crippen LogP contribution in [-0.2, 0) is 12.1 Å². The highest BCUT2D eigenvalue weighted by atomic mass is 19.1. The number of hydrogen-bond donors (Lipinski definition) is 1. The molecule has 0 aromatic heterocycles. The van der Waals surface area contributed by atoms with E-state index < -0.39 is 0 Å². The SMILES string of the molecule is NCC1(c2cccc(CF)c2)CC1. The average molecular weight is 179 g/mol. The molecular weight excluding hydrogens is 165 g/mol. The predicted octanol–water partition coefficient (Wildman–Crippen LogP) is 2.15. The zero-order valence-electron chi connectivity index (χ0n) is 7.59. The second kappa shape index (κ2) is 3.11. The van der Waals surface area contributed by atoms with E-state index >= 15 is 0 Å². The fourth-order valence-electron chi connectivity index (χ4n) is 1.75. The van der Waals surface area contributed by atoms with Crippen molar-refractivity contribution in [1.82, 2.24) is 0 Å². The summed E-state index contributed by atoms with van der Waals surface area (Å²) in [7, 11) is 0. The molecule has 0 saturated heterocycles. The predicted molar refractivity (Wildman–Crippen MR) is 51.2 cm³/mol. The molecule has 1 fully saturated rings. The molecule has 0 radical (unpaired) electrons. The molecule has 1 aromatic carbocycles. The fourth-order valence-corrected chi connectivity index (χ4v) is 1.75. The molecule has 1 aliphatic rings. The standard InChI is InChI=1S/C11H14FN/c12-7-9-2-1-3-10(6-9)11(8-13)4-5-11/h1-3,6H,4-5,7-8,13H2. The van der Waals surface area contributed by atoms with Crippen molar-refractivity contribution in [3.8, 4) is 0 Å². The molecule has 0 atom stereocenters. The lowest BCUT2D eigenvalue weighted by Crippen LogP contribution is -2.19. The first-order chi connectivity index (χ1) is 6.30. The Bertz CT molecular complexity index is 305. The van der Waals surface area contributed by atoms with Crippen LogP contribution in [0.25, 0.3) is 0 Å². The second-order valence-corrected chi connectivity index (χ2v) is 3.82. The molecule has 0 amide bonds. The number of nitrogens with two attached hydrogens (primary N) is 1. The van der Waals surface area contributed by atoms with Crippen molar-refractivity contribution in [2.75, 3.05) is 6.54 Å². The highest BCUT2D eigenvalue weighted by Crippen LogP contribution is 2.47. The van der Waals surface area contributed by atoms with Crippen LogP contribution in [0.2, 0.25) is 0 Å². The summed E-state index contributed by atoms with van der Waals surface area (Å²) in [5, 5.41) is 0. The van der Waals surface area contributed by atoms with Gasteiger partial charge in [0.2, 0.25) is 0 Å². The van der Waals surface area contributed by atoms with Gasteiger partial charge in [-0.3, -0.25) is 0 Å². The Morgan fingerprint density at radius 3 is 2.69 bits per heavy atom. The first-order valence-electron chi connectivity index (χ1n) is 4.66. The molecule has 0 heterocycles. The zero-order valence-corrected chi connectivity index (χ0v) is 7.59. The Labute approximate surface area is 77.8 Å². The van der Waals surface area contributed by atoms with Gasteiger partial charge in [-0.1, -0.05) is 24.3 Å². The van der Waals surface area contributed by atoms with E-state index in [4.69, 9.17) is 5.73 Å². The van der Waals surface area contributed by atoms with Crippen molar-refractivity contribution in [2.24, 2.45) is 5.73 Å². The normalized spacial score (nSPS) is 18.6. The van der Waals surface area contributed by atoms with Crippen molar-refractivity contribution in [1.29, 1.82) is 0 Å². The summed E-state index contributed by atoms with van der Waals surface area (Å²) in [5.41, 5.74) is 7.86. The smallest absolute Gasteiger partial charge is 0.115 e. The van der Waals surface area contributed by atoms with E-state index in [0.29, 0.717) is 6.54 Å². The van der Waals surface area contributed by atoms with Crippen LogP contribution in [0.15, 0.2) is 24.3 Å². The molecule has 1 aromatic rings. The average Bonchev–Trinajstić information content (AvgIpc) is 2.99. The van der Waals surface area contributed by atoms with Crippen molar-refractivity contribution in [2.45, 2.75) is 24.9 Å². The van der Waals surface area contributed by atoms with E-state index in [1.54, 1.807) is 0 Å². The second-order valence-electron chi connectivity index (χ2n) is 3.82. The number of hydrogen-bond acceptors (Lipinski definition) is 1. The maximum atomic E-state index is 12.4. The van der Waals surface area contributed by atoms with Crippen LogP contribution in [0.3, 0.4) is 0 Å². The minimum absolute atomic E-state index is 0.186. The molecular formula is C11H14FN. The third-order valence-electron chi connectivity index (χ3n) is 2.94. The summed E-state index contributed by atoms with van der Waals surface area (Å²) in [6.07, 6.45) is 2.30. The summed E-state index contributed by atoms with van der Waals surface area (Å²) >= 11 is 0. The monoisotopic (exact) mass is 179 g/mol. The first-order valence-corrected chi connectivity index (χ1v) is 4.66.